The van der Waals surface area contributed by atoms with Gasteiger partial charge in [-0.05, 0) is 23.1 Å². The second-order valence-electron chi connectivity index (χ2n) is 8.42. The summed E-state index contributed by atoms with van der Waals surface area (Å²) < 4.78 is 5.39. The number of rotatable bonds is 5. The van der Waals surface area contributed by atoms with E-state index in [2.05, 4.69) is 9.88 Å². The molecule has 1 amide bonds. The molecule has 2 saturated heterocycles. The summed E-state index contributed by atoms with van der Waals surface area (Å²) in [7, 11) is 0. The number of aromatic nitrogens is 1. The van der Waals surface area contributed by atoms with E-state index in [0.717, 1.165) is 18.5 Å². The molecule has 1 atom stereocenters. The molecule has 8 nitrogen and oxygen atoms in total. The molecule has 0 saturated carbocycles. The van der Waals surface area contributed by atoms with Crippen molar-refractivity contribution in [3.05, 3.63) is 77.6 Å². The van der Waals surface area contributed by atoms with Gasteiger partial charge in [-0.2, -0.15) is 0 Å². The number of carbonyl (C=O) groups excluding carboxylic acids is 2. The van der Waals surface area contributed by atoms with Gasteiger partial charge in [0.15, 0.2) is 0 Å². The van der Waals surface area contributed by atoms with Crippen molar-refractivity contribution in [2.75, 3.05) is 39.4 Å². The molecule has 2 aromatic carbocycles. The molecule has 0 aliphatic carbocycles. The van der Waals surface area contributed by atoms with Crippen molar-refractivity contribution in [1.82, 2.24) is 14.8 Å². The Labute approximate surface area is 196 Å². The van der Waals surface area contributed by atoms with Gasteiger partial charge in [0.1, 0.15) is 11.5 Å². The number of aliphatic hydroxyl groups is 1. The van der Waals surface area contributed by atoms with Crippen LogP contribution in [0.1, 0.15) is 17.2 Å². The predicted molar refractivity (Wildman–Crippen MR) is 126 cm³/mol. The monoisotopic (exact) mass is 459 g/mol. The van der Waals surface area contributed by atoms with Gasteiger partial charge < -0.3 is 19.8 Å². The van der Waals surface area contributed by atoms with E-state index in [1.54, 1.807) is 48.8 Å². The van der Waals surface area contributed by atoms with Gasteiger partial charge in [-0.3, -0.25) is 19.5 Å². The summed E-state index contributed by atoms with van der Waals surface area (Å²) in [6.45, 7) is 3.66. The third kappa shape index (κ3) is 3.91. The van der Waals surface area contributed by atoms with Gasteiger partial charge in [0, 0.05) is 44.0 Å². The SMILES string of the molecule is O=C1C(=O)N(CCN2CCOCC2)[C@@H](c2cccnc2)C1=C(O)c1ccc2ccccc2c1O. The molecular formula is C26H25N3O5. The van der Waals surface area contributed by atoms with Gasteiger partial charge in [-0.25, -0.2) is 0 Å². The topological polar surface area (TPSA) is 103 Å². The summed E-state index contributed by atoms with van der Waals surface area (Å²) in [5.41, 5.74) is 0.676. The minimum Gasteiger partial charge on any atom is -0.507 e. The maximum Gasteiger partial charge on any atom is 0.295 e. The number of ketones is 1. The molecule has 0 bridgehead atoms. The van der Waals surface area contributed by atoms with E-state index in [9.17, 15) is 19.8 Å². The van der Waals surface area contributed by atoms with Crippen LogP contribution in [0.2, 0.25) is 0 Å². The normalized spacial score (nSPS) is 20.8. The first-order valence-corrected chi connectivity index (χ1v) is 11.3. The molecule has 1 aromatic heterocycles. The Bertz CT molecular complexity index is 1270. The zero-order valence-electron chi connectivity index (χ0n) is 18.6. The van der Waals surface area contributed by atoms with Gasteiger partial charge >= 0.3 is 0 Å². The lowest BCUT2D eigenvalue weighted by Crippen LogP contribution is -2.42. The van der Waals surface area contributed by atoms with Gasteiger partial charge in [-0.15, -0.1) is 0 Å². The Morgan fingerprint density at radius 1 is 1.03 bits per heavy atom. The molecule has 5 rings (SSSR count). The quantitative estimate of drug-likeness (QED) is 0.344. The molecule has 0 radical (unpaired) electrons. The van der Waals surface area contributed by atoms with Gasteiger partial charge in [0.25, 0.3) is 11.7 Å². The Balaban J connectivity index is 1.58. The van der Waals surface area contributed by atoms with Crippen molar-refractivity contribution in [2.24, 2.45) is 0 Å². The van der Waals surface area contributed by atoms with Crippen molar-refractivity contribution in [3.8, 4) is 5.75 Å². The Morgan fingerprint density at radius 2 is 1.82 bits per heavy atom. The fraction of sp³-hybridized carbons (Fsp3) is 0.269. The van der Waals surface area contributed by atoms with Gasteiger partial charge in [-0.1, -0.05) is 36.4 Å². The van der Waals surface area contributed by atoms with E-state index in [1.807, 2.05) is 12.1 Å². The molecule has 2 fully saturated rings. The van der Waals surface area contributed by atoms with Crippen LogP contribution in [0.3, 0.4) is 0 Å². The number of hydrogen-bond acceptors (Lipinski definition) is 7. The minimum absolute atomic E-state index is 0.0504. The highest BCUT2D eigenvalue weighted by atomic mass is 16.5. The van der Waals surface area contributed by atoms with E-state index in [-0.39, 0.29) is 16.9 Å². The van der Waals surface area contributed by atoms with Crippen LogP contribution in [0, 0.1) is 0 Å². The number of hydrogen-bond donors (Lipinski definition) is 2. The van der Waals surface area contributed by atoms with Crippen LogP contribution in [-0.2, 0) is 14.3 Å². The van der Waals surface area contributed by atoms with Crippen LogP contribution in [-0.4, -0.2) is 76.1 Å². The molecule has 0 unspecified atom stereocenters. The molecule has 174 valence electrons. The summed E-state index contributed by atoms with van der Waals surface area (Å²) in [6, 6.07) is 13.2. The highest BCUT2D eigenvalue weighted by Crippen LogP contribution is 2.41. The standard InChI is InChI=1S/C26H25N3O5/c30-23-19-6-2-1-4-17(19)7-8-20(23)24(31)21-22(18-5-3-9-27-16-18)29(26(33)25(21)32)11-10-28-12-14-34-15-13-28/h1-9,16,22,30-31H,10-15H2/t22-/m0/s1. The number of aromatic hydroxyl groups is 1. The Morgan fingerprint density at radius 3 is 2.59 bits per heavy atom. The fourth-order valence-corrected chi connectivity index (χ4v) is 4.66. The summed E-state index contributed by atoms with van der Waals surface area (Å²) >= 11 is 0. The average Bonchev–Trinajstić information content (AvgIpc) is 3.13. The maximum absolute atomic E-state index is 13.2. The van der Waals surface area contributed by atoms with Crippen molar-refractivity contribution in [1.29, 1.82) is 0 Å². The summed E-state index contributed by atoms with van der Waals surface area (Å²) in [5, 5.41) is 23.5. The zero-order valence-corrected chi connectivity index (χ0v) is 18.6. The third-order valence-corrected chi connectivity index (χ3v) is 6.46. The van der Waals surface area contributed by atoms with E-state index in [4.69, 9.17) is 4.74 Å². The van der Waals surface area contributed by atoms with Crippen molar-refractivity contribution in [3.63, 3.8) is 0 Å². The lowest BCUT2D eigenvalue weighted by atomic mass is 9.95. The van der Waals surface area contributed by atoms with Gasteiger partial charge in [0.05, 0.1) is 30.4 Å². The highest BCUT2D eigenvalue weighted by Gasteiger charge is 2.46. The maximum atomic E-state index is 13.2. The number of pyridine rings is 1. The molecular weight excluding hydrogens is 434 g/mol. The number of morpholine rings is 1. The number of ether oxygens (including phenoxy) is 1. The number of nitrogens with zero attached hydrogens (tertiary/aromatic N) is 3. The van der Waals surface area contributed by atoms with Crippen LogP contribution in [0.4, 0.5) is 0 Å². The van der Waals surface area contributed by atoms with Crippen LogP contribution < -0.4 is 0 Å². The number of Topliss-reactive ketones (excluding diaryl/α,β-unsaturated/α-hetero) is 1. The van der Waals surface area contributed by atoms with Crippen molar-refractivity contribution in [2.45, 2.75) is 6.04 Å². The molecule has 8 heteroatoms. The summed E-state index contributed by atoms with van der Waals surface area (Å²) in [4.78, 5) is 34.1. The fourth-order valence-electron chi connectivity index (χ4n) is 4.66. The molecule has 2 aliphatic rings. The Kier molecular flexibility index (Phi) is 6.00. The Hall–Kier alpha value is -3.75. The minimum atomic E-state index is -0.805. The van der Waals surface area contributed by atoms with Crippen molar-refractivity contribution >= 4 is 28.2 Å². The van der Waals surface area contributed by atoms with Gasteiger partial charge in [0.2, 0.25) is 0 Å². The number of aliphatic hydroxyl groups excluding tert-OH is 1. The van der Waals surface area contributed by atoms with Crippen LogP contribution in [0.5, 0.6) is 5.75 Å². The number of phenols is 1. The number of phenolic OH excluding ortho intramolecular Hbond substituents is 1. The molecule has 2 N–H and O–H groups in total. The lowest BCUT2D eigenvalue weighted by Gasteiger charge is -2.30. The molecule has 0 spiro atoms. The number of fused-ring (bicyclic) bond motifs is 1. The number of carbonyl (C=O) groups is 2. The van der Waals surface area contributed by atoms with Crippen molar-refractivity contribution < 1.29 is 24.5 Å². The van der Waals surface area contributed by atoms with E-state index in [0.29, 0.717) is 37.3 Å². The van der Waals surface area contributed by atoms with Crippen LogP contribution >= 0.6 is 0 Å². The first-order valence-electron chi connectivity index (χ1n) is 11.3. The summed E-state index contributed by atoms with van der Waals surface area (Å²) in [6.07, 6.45) is 3.20. The zero-order chi connectivity index (χ0) is 23.7. The molecule has 2 aliphatic heterocycles. The highest BCUT2D eigenvalue weighted by molar-refractivity contribution is 6.46. The smallest absolute Gasteiger partial charge is 0.295 e. The lowest BCUT2D eigenvalue weighted by molar-refractivity contribution is -0.140. The number of benzene rings is 2. The number of amides is 1. The average molecular weight is 460 g/mol. The third-order valence-electron chi connectivity index (χ3n) is 6.46. The van der Waals surface area contributed by atoms with E-state index in [1.165, 1.54) is 4.90 Å². The van der Waals surface area contributed by atoms with E-state index < -0.39 is 23.5 Å². The molecule has 3 heterocycles. The first kappa shape index (κ1) is 22.1. The second kappa shape index (κ2) is 9.24. The number of likely N-dealkylation sites (tertiary alicyclic amines) is 1. The second-order valence-corrected chi connectivity index (χ2v) is 8.42. The van der Waals surface area contributed by atoms with E-state index >= 15 is 0 Å². The predicted octanol–water partition coefficient (Wildman–Crippen LogP) is 2.69. The molecule has 3 aromatic rings. The first-order chi connectivity index (χ1) is 16.6. The van der Waals surface area contributed by atoms with Crippen LogP contribution in [0.25, 0.3) is 16.5 Å². The van der Waals surface area contributed by atoms with Crippen LogP contribution in [0.15, 0.2) is 66.5 Å². The summed E-state index contributed by atoms with van der Waals surface area (Å²) in [5.74, 6) is -1.99. The largest absolute Gasteiger partial charge is 0.507 e. The molecule has 34 heavy (non-hydrogen) atoms.